The maximum absolute atomic E-state index is 14.6. The predicted molar refractivity (Wildman–Crippen MR) is 144 cm³/mol. The van der Waals surface area contributed by atoms with Gasteiger partial charge in [-0.25, -0.2) is 4.79 Å². The minimum absolute atomic E-state index is 0.0772. The Balaban J connectivity index is 1.90. The van der Waals surface area contributed by atoms with E-state index in [0.29, 0.717) is 11.4 Å². The van der Waals surface area contributed by atoms with E-state index in [0.717, 1.165) is 9.37 Å². The summed E-state index contributed by atoms with van der Waals surface area (Å²) in [6.07, 6.45) is -1.10. The van der Waals surface area contributed by atoms with Crippen LogP contribution in [-0.2, 0) is 14.4 Å². The van der Waals surface area contributed by atoms with Crippen LogP contribution in [0.1, 0.15) is 12.5 Å². The zero-order chi connectivity index (χ0) is 27.2. The highest BCUT2D eigenvalue weighted by atomic mass is 79.9. The van der Waals surface area contributed by atoms with Gasteiger partial charge in [-0.05, 0) is 43.3 Å². The van der Waals surface area contributed by atoms with Crippen molar-refractivity contribution < 1.29 is 29.2 Å². The molecule has 4 N–H and O–H groups in total. The summed E-state index contributed by atoms with van der Waals surface area (Å²) in [6, 6.07) is 23.6. The number of nitrogens with two attached hydrogens (primary N) is 1. The molecular formula is C28H24BrN4O5+. The lowest BCUT2D eigenvalue weighted by molar-refractivity contribution is -0.523. The first kappa shape index (κ1) is 25.4. The summed E-state index contributed by atoms with van der Waals surface area (Å²) < 4.78 is 2.10. The fraction of sp³-hybridized carbons (Fsp3) is 0.143. The minimum Gasteiger partial charge on any atom is -0.507 e. The van der Waals surface area contributed by atoms with E-state index < -0.39 is 40.7 Å². The maximum Gasteiger partial charge on any atom is 0.366 e. The lowest BCUT2D eigenvalue weighted by atomic mass is 9.93. The summed E-state index contributed by atoms with van der Waals surface area (Å²) >= 11 is 3.34. The average molecular weight is 576 g/mol. The van der Waals surface area contributed by atoms with Gasteiger partial charge in [0, 0.05) is 10.0 Å². The first-order chi connectivity index (χ1) is 18.2. The molecule has 10 heteroatoms. The Morgan fingerprint density at radius 2 is 1.55 bits per heavy atom. The number of carbonyl (C=O) groups excluding carboxylic acids is 3. The standard InChI is InChI=1S/C28H23BrN4O5/c1-17(34)16-31-25(37)24(36)22(23(35)18-12-14-19(29)15-13-18)28(31)26(38)32(20-8-4-2-5-9-20)27(30)33(28)21-10-6-3-7-11-21/h2-15,17,30,34H,16H2,1H3,(H,35,36)/p+1. The van der Waals surface area contributed by atoms with E-state index in [4.69, 9.17) is 5.73 Å². The van der Waals surface area contributed by atoms with Crippen LogP contribution in [0, 0.1) is 0 Å². The van der Waals surface area contributed by atoms with Crippen LogP contribution in [0.2, 0.25) is 0 Å². The molecular weight excluding hydrogens is 552 g/mol. The number of rotatable bonds is 5. The number of guanidine groups is 1. The third-order valence-electron chi connectivity index (χ3n) is 6.52. The fourth-order valence-electron chi connectivity index (χ4n) is 4.97. The zero-order valence-corrected chi connectivity index (χ0v) is 21.9. The Morgan fingerprint density at radius 1 is 0.974 bits per heavy atom. The van der Waals surface area contributed by atoms with Crippen molar-refractivity contribution in [2.75, 3.05) is 11.4 Å². The molecule has 0 aromatic heterocycles. The number of amides is 2. The van der Waals surface area contributed by atoms with Gasteiger partial charge in [0.05, 0.1) is 12.6 Å². The van der Waals surface area contributed by atoms with Crippen LogP contribution in [0.3, 0.4) is 0 Å². The average Bonchev–Trinajstić information content (AvgIpc) is 3.26. The zero-order valence-electron chi connectivity index (χ0n) is 20.3. The number of aliphatic hydroxyl groups excluding tert-OH is 2. The second-order valence-corrected chi connectivity index (χ2v) is 9.92. The van der Waals surface area contributed by atoms with E-state index >= 15 is 0 Å². The Morgan fingerprint density at radius 3 is 2.13 bits per heavy atom. The summed E-state index contributed by atoms with van der Waals surface area (Å²) in [4.78, 5) is 44.0. The van der Waals surface area contributed by atoms with E-state index in [9.17, 15) is 24.6 Å². The number of halogens is 1. The number of β-amino-alcohol motifs (C(OH)–C–C–N with tert-alkyl or cyclic N) is 1. The van der Waals surface area contributed by atoms with Crippen molar-refractivity contribution in [1.82, 2.24) is 4.90 Å². The number of hydrogen-bond acceptors (Lipinski definition) is 6. The largest absolute Gasteiger partial charge is 0.507 e. The molecule has 1 saturated heterocycles. The van der Waals surface area contributed by atoms with E-state index in [2.05, 4.69) is 15.9 Å². The molecule has 38 heavy (non-hydrogen) atoms. The molecule has 192 valence electrons. The molecule has 2 unspecified atom stereocenters. The number of hydrogen-bond donors (Lipinski definition) is 3. The van der Waals surface area contributed by atoms with Gasteiger partial charge in [-0.3, -0.25) is 20.2 Å². The number of ketones is 1. The number of carbonyl (C=O) groups is 3. The second kappa shape index (κ2) is 9.55. The second-order valence-electron chi connectivity index (χ2n) is 9.00. The summed E-state index contributed by atoms with van der Waals surface area (Å²) in [5.74, 6) is -3.47. The summed E-state index contributed by atoms with van der Waals surface area (Å²) in [6.45, 7) is 1.07. The first-order valence-corrected chi connectivity index (χ1v) is 12.6. The minimum atomic E-state index is -2.20. The molecule has 2 atom stereocenters. The van der Waals surface area contributed by atoms with Gasteiger partial charge in [0.15, 0.2) is 0 Å². The van der Waals surface area contributed by atoms with Crippen molar-refractivity contribution in [3.63, 3.8) is 0 Å². The number of anilines is 1. The molecule has 2 aliphatic rings. The van der Waals surface area contributed by atoms with Gasteiger partial charge in [-0.2, -0.15) is 9.48 Å². The predicted octanol–water partition coefficient (Wildman–Crippen LogP) is 2.91. The number of aliphatic hydroxyl groups is 2. The highest BCUT2D eigenvalue weighted by Crippen LogP contribution is 2.46. The van der Waals surface area contributed by atoms with Crippen LogP contribution in [0.5, 0.6) is 0 Å². The van der Waals surface area contributed by atoms with Crippen LogP contribution < -0.4 is 10.6 Å². The van der Waals surface area contributed by atoms with Crippen LogP contribution in [0.25, 0.3) is 5.76 Å². The third-order valence-corrected chi connectivity index (χ3v) is 7.05. The van der Waals surface area contributed by atoms with Crippen molar-refractivity contribution in [3.05, 3.63) is 101 Å². The van der Waals surface area contributed by atoms with E-state index in [1.807, 2.05) is 0 Å². The molecule has 1 fully saturated rings. The Bertz CT molecular complexity index is 1500. The Labute approximate surface area is 226 Å². The quantitative estimate of drug-likeness (QED) is 0.186. The normalized spacial score (nSPS) is 21.6. The number of nitrogens with zero attached hydrogens (tertiary/aromatic N) is 3. The lowest BCUT2D eigenvalue weighted by Gasteiger charge is -2.34. The van der Waals surface area contributed by atoms with Crippen molar-refractivity contribution in [3.8, 4) is 0 Å². The lowest BCUT2D eigenvalue weighted by Crippen LogP contribution is -2.60. The third kappa shape index (κ3) is 3.72. The van der Waals surface area contributed by atoms with Gasteiger partial charge in [-0.1, -0.05) is 64.5 Å². The summed E-state index contributed by atoms with van der Waals surface area (Å²) in [7, 11) is 0. The molecule has 0 bridgehead atoms. The van der Waals surface area contributed by atoms with Crippen LogP contribution >= 0.6 is 15.9 Å². The summed E-state index contributed by atoms with van der Waals surface area (Å²) in [5, 5.41) is 21.9. The van der Waals surface area contributed by atoms with Gasteiger partial charge in [0.2, 0.25) is 0 Å². The van der Waals surface area contributed by atoms with E-state index in [1.54, 1.807) is 84.9 Å². The number of para-hydroxylation sites is 2. The van der Waals surface area contributed by atoms with Gasteiger partial charge >= 0.3 is 11.9 Å². The van der Waals surface area contributed by atoms with E-state index in [1.165, 1.54) is 16.4 Å². The van der Waals surface area contributed by atoms with Crippen molar-refractivity contribution in [2.45, 2.75) is 18.7 Å². The molecule has 0 saturated carbocycles. The number of Topliss-reactive ketones (excluding diaryl/α,β-unsaturated/α-hetero) is 1. The Hall–Kier alpha value is -4.28. The molecule has 3 aromatic carbocycles. The van der Waals surface area contributed by atoms with Gasteiger partial charge < -0.3 is 10.2 Å². The summed E-state index contributed by atoms with van der Waals surface area (Å²) in [5.41, 5.74) is 5.04. The molecule has 3 aromatic rings. The van der Waals surface area contributed by atoms with Crippen LogP contribution in [0.4, 0.5) is 11.4 Å². The van der Waals surface area contributed by atoms with Gasteiger partial charge in [0.1, 0.15) is 22.7 Å². The molecule has 2 heterocycles. The highest BCUT2D eigenvalue weighted by molar-refractivity contribution is 9.10. The first-order valence-electron chi connectivity index (χ1n) is 11.8. The molecule has 5 rings (SSSR count). The van der Waals surface area contributed by atoms with Crippen molar-refractivity contribution in [2.24, 2.45) is 5.73 Å². The molecule has 2 amide bonds. The highest BCUT2D eigenvalue weighted by Gasteiger charge is 2.73. The maximum atomic E-state index is 14.6. The van der Waals surface area contributed by atoms with Crippen LogP contribution in [0.15, 0.2) is 95.0 Å². The SMILES string of the molecule is CC(O)CN1C(=O)C(=O)/C(=C(/O)c2ccc(Br)cc2)C12C(=O)N(c1ccccc1)C(N)=[N+]2c1ccccc1. The van der Waals surface area contributed by atoms with Crippen molar-refractivity contribution >= 4 is 56.6 Å². The number of likely N-dealkylation sites (tertiary alicyclic amines) is 1. The fourth-order valence-corrected chi connectivity index (χ4v) is 5.24. The van der Waals surface area contributed by atoms with Gasteiger partial charge in [-0.15, -0.1) is 0 Å². The van der Waals surface area contributed by atoms with E-state index in [-0.39, 0.29) is 18.1 Å². The topological polar surface area (TPSA) is 127 Å². The molecule has 1 spiro atoms. The molecule has 2 aliphatic heterocycles. The molecule has 0 radical (unpaired) electrons. The Kier molecular flexibility index (Phi) is 6.38. The smallest absolute Gasteiger partial charge is 0.366 e. The molecule has 0 aliphatic carbocycles. The number of benzene rings is 3. The van der Waals surface area contributed by atoms with Gasteiger partial charge in [0.25, 0.3) is 17.4 Å². The monoisotopic (exact) mass is 575 g/mol. The van der Waals surface area contributed by atoms with Crippen molar-refractivity contribution in [1.29, 1.82) is 0 Å². The van der Waals surface area contributed by atoms with Crippen LogP contribution in [-0.4, -0.2) is 61.6 Å². The molecule has 9 nitrogen and oxygen atoms in total.